The van der Waals surface area contributed by atoms with E-state index in [1.807, 2.05) is 0 Å². The molecule has 4 nitrogen and oxygen atoms in total. The van der Waals surface area contributed by atoms with Gasteiger partial charge in [-0.2, -0.15) is 4.98 Å². The van der Waals surface area contributed by atoms with Gasteiger partial charge >= 0.3 is 0 Å². The fourth-order valence-corrected chi connectivity index (χ4v) is 2.84. The minimum atomic E-state index is -0.338. The minimum Gasteiger partial charge on any atom is -0.334 e. The lowest BCUT2D eigenvalue weighted by atomic mass is 10.1. The van der Waals surface area contributed by atoms with Gasteiger partial charge in [-0.15, -0.1) is 0 Å². The molecule has 0 saturated carbocycles. The number of nitrogens with one attached hydrogen (secondary N) is 1. The van der Waals surface area contributed by atoms with Crippen molar-refractivity contribution in [2.45, 2.75) is 31.7 Å². The van der Waals surface area contributed by atoms with E-state index >= 15 is 0 Å². The first-order chi connectivity index (χ1) is 9.75. The molecule has 1 N–H and O–H groups in total. The Bertz CT molecular complexity index is 594. The van der Waals surface area contributed by atoms with Gasteiger partial charge in [-0.25, -0.2) is 4.39 Å². The van der Waals surface area contributed by atoms with Crippen LogP contribution in [0.4, 0.5) is 4.39 Å². The second kappa shape index (κ2) is 6.01. The molecule has 1 aromatic carbocycles. The van der Waals surface area contributed by atoms with Gasteiger partial charge in [0.25, 0.3) is 5.89 Å². The number of hydrogen-bond acceptors (Lipinski definition) is 4. The molecule has 1 atom stereocenters. The van der Waals surface area contributed by atoms with Crippen LogP contribution >= 0.6 is 15.9 Å². The lowest BCUT2D eigenvalue weighted by Gasteiger charge is -2.09. The summed E-state index contributed by atoms with van der Waals surface area (Å²) in [6.07, 6.45) is 4.56. The van der Waals surface area contributed by atoms with Crippen molar-refractivity contribution in [1.29, 1.82) is 0 Å². The first-order valence-electron chi connectivity index (χ1n) is 6.77. The van der Waals surface area contributed by atoms with Gasteiger partial charge in [-0.3, -0.25) is 0 Å². The molecule has 2 heterocycles. The van der Waals surface area contributed by atoms with E-state index in [2.05, 4.69) is 31.4 Å². The van der Waals surface area contributed by atoms with Crippen molar-refractivity contribution < 1.29 is 8.91 Å². The lowest BCUT2D eigenvalue weighted by Crippen LogP contribution is -2.21. The molecule has 2 aromatic rings. The van der Waals surface area contributed by atoms with Crippen LogP contribution in [0, 0.1) is 5.82 Å². The third-order valence-electron chi connectivity index (χ3n) is 3.50. The van der Waals surface area contributed by atoms with Gasteiger partial charge in [-0.05, 0) is 47.4 Å². The molecule has 1 unspecified atom stereocenters. The number of rotatable bonds is 2. The van der Waals surface area contributed by atoms with Crippen LogP contribution in [0.2, 0.25) is 0 Å². The summed E-state index contributed by atoms with van der Waals surface area (Å²) in [6.45, 7) is 0.970. The number of aromatic nitrogens is 2. The van der Waals surface area contributed by atoms with Gasteiger partial charge in [-0.1, -0.05) is 24.1 Å². The van der Waals surface area contributed by atoms with E-state index in [0.717, 1.165) is 19.4 Å². The average molecular weight is 340 g/mol. The number of nitrogens with zero attached hydrogens (tertiary/aromatic N) is 2. The standard InChI is InChI=1S/C14H15BrFN3O/c15-12-9(5-4-6-10(12)16)14-18-13(19-20-14)11-7-2-1-3-8-17-11/h4-6,11,17H,1-3,7-8H2. The van der Waals surface area contributed by atoms with Crippen LogP contribution in [-0.2, 0) is 0 Å². The first-order valence-corrected chi connectivity index (χ1v) is 7.56. The molecule has 106 valence electrons. The molecule has 6 heteroatoms. The second-order valence-electron chi connectivity index (χ2n) is 4.92. The molecule has 1 aromatic heterocycles. The van der Waals surface area contributed by atoms with E-state index in [1.54, 1.807) is 12.1 Å². The van der Waals surface area contributed by atoms with Crippen LogP contribution in [-0.4, -0.2) is 16.7 Å². The molecular weight excluding hydrogens is 325 g/mol. The normalized spacial score (nSPS) is 19.8. The SMILES string of the molecule is Fc1cccc(-c2nc(C3CCCCCN3)no2)c1Br. The van der Waals surface area contributed by atoms with Gasteiger partial charge < -0.3 is 9.84 Å². The zero-order valence-corrected chi connectivity index (χ0v) is 12.5. The van der Waals surface area contributed by atoms with Crippen molar-refractivity contribution in [2.75, 3.05) is 6.54 Å². The largest absolute Gasteiger partial charge is 0.334 e. The summed E-state index contributed by atoms with van der Waals surface area (Å²) in [5.41, 5.74) is 0.581. The summed E-state index contributed by atoms with van der Waals surface area (Å²) in [5.74, 6) is 0.658. The number of halogens is 2. The van der Waals surface area contributed by atoms with Gasteiger partial charge in [0, 0.05) is 0 Å². The summed E-state index contributed by atoms with van der Waals surface area (Å²) in [6, 6.07) is 4.90. The van der Waals surface area contributed by atoms with Crippen LogP contribution in [0.25, 0.3) is 11.5 Å². The quantitative estimate of drug-likeness (QED) is 0.902. The topological polar surface area (TPSA) is 51.0 Å². The second-order valence-corrected chi connectivity index (χ2v) is 5.71. The van der Waals surface area contributed by atoms with Crippen molar-refractivity contribution in [3.63, 3.8) is 0 Å². The Balaban J connectivity index is 1.87. The van der Waals surface area contributed by atoms with Gasteiger partial charge in [0.2, 0.25) is 0 Å². The fourth-order valence-electron chi connectivity index (χ4n) is 2.40. The van der Waals surface area contributed by atoms with Gasteiger partial charge in [0.15, 0.2) is 5.82 Å². The van der Waals surface area contributed by atoms with E-state index in [0.29, 0.717) is 21.8 Å². The molecule has 0 amide bonds. The van der Waals surface area contributed by atoms with E-state index in [9.17, 15) is 4.39 Å². The Hall–Kier alpha value is -1.27. The predicted molar refractivity (Wildman–Crippen MR) is 76.6 cm³/mol. The highest BCUT2D eigenvalue weighted by Gasteiger charge is 2.21. The Kier molecular flexibility index (Phi) is 4.12. The van der Waals surface area contributed by atoms with E-state index in [-0.39, 0.29) is 11.9 Å². The Labute approximate surface area is 124 Å². The maximum Gasteiger partial charge on any atom is 0.259 e. The maximum absolute atomic E-state index is 13.5. The van der Waals surface area contributed by atoms with Crippen LogP contribution in [0.1, 0.15) is 37.5 Å². The molecule has 1 aliphatic heterocycles. The van der Waals surface area contributed by atoms with Crippen LogP contribution < -0.4 is 5.32 Å². The monoisotopic (exact) mass is 339 g/mol. The predicted octanol–water partition coefficient (Wildman–Crippen LogP) is 3.84. The number of hydrogen-bond donors (Lipinski definition) is 1. The molecular formula is C14H15BrFN3O. The van der Waals surface area contributed by atoms with Crippen molar-refractivity contribution in [3.8, 4) is 11.5 Å². The van der Waals surface area contributed by atoms with E-state index < -0.39 is 0 Å². The molecule has 1 saturated heterocycles. The molecule has 0 spiro atoms. The third kappa shape index (κ3) is 2.76. The molecule has 0 bridgehead atoms. The highest BCUT2D eigenvalue weighted by atomic mass is 79.9. The number of benzene rings is 1. The van der Waals surface area contributed by atoms with Gasteiger partial charge in [0.1, 0.15) is 5.82 Å². The smallest absolute Gasteiger partial charge is 0.259 e. The average Bonchev–Trinajstić information content (AvgIpc) is 2.77. The summed E-state index contributed by atoms with van der Waals surface area (Å²) >= 11 is 3.22. The summed E-state index contributed by atoms with van der Waals surface area (Å²) in [4.78, 5) is 4.41. The molecule has 20 heavy (non-hydrogen) atoms. The zero-order chi connectivity index (χ0) is 13.9. The van der Waals surface area contributed by atoms with E-state index in [4.69, 9.17) is 4.52 Å². The maximum atomic E-state index is 13.5. The Morgan fingerprint density at radius 3 is 3.10 bits per heavy atom. The van der Waals surface area contributed by atoms with Crippen molar-refractivity contribution in [3.05, 3.63) is 34.3 Å². The Morgan fingerprint density at radius 2 is 2.20 bits per heavy atom. The van der Waals surface area contributed by atoms with Crippen LogP contribution in [0.15, 0.2) is 27.2 Å². The lowest BCUT2D eigenvalue weighted by molar-refractivity contribution is 0.402. The molecule has 0 radical (unpaired) electrons. The summed E-state index contributed by atoms with van der Waals surface area (Å²) in [7, 11) is 0. The third-order valence-corrected chi connectivity index (χ3v) is 4.30. The minimum absolute atomic E-state index is 0.127. The summed E-state index contributed by atoms with van der Waals surface area (Å²) in [5, 5.41) is 7.45. The Morgan fingerprint density at radius 1 is 1.30 bits per heavy atom. The highest BCUT2D eigenvalue weighted by molar-refractivity contribution is 9.10. The highest BCUT2D eigenvalue weighted by Crippen LogP contribution is 2.30. The zero-order valence-electron chi connectivity index (χ0n) is 10.9. The molecule has 3 rings (SSSR count). The fraction of sp³-hybridized carbons (Fsp3) is 0.429. The van der Waals surface area contributed by atoms with E-state index in [1.165, 1.54) is 18.9 Å². The molecule has 1 fully saturated rings. The molecule has 0 aliphatic carbocycles. The first kappa shape index (κ1) is 13.7. The van der Waals surface area contributed by atoms with Crippen molar-refractivity contribution >= 4 is 15.9 Å². The van der Waals surface area contributed by atoms with Crippen LogP contribution in [0.3, 0.4) is 0 Å². The summed E-state index contributed by atoms with van der Waals surface area (Å²) < 4.78 is 19.2. The van der Waals surface area contributed by atoms with Crippen molar-refractivity contribution in [2.24, 2.45) is 0 Å². The van der Waals surface area contributed by atoms with Crippen LogP contribution in [0.5, 0.6) is 0 Å². The molecule has 1 aliphatic rings. The van der Waals surface area contributed by atoms with Gasteiger partial charge in [0.05, 0.1) is 16.1 Å². The van der Waals surface area contributed by atoms with Crippen molar-refractivity contribution in [1.82, 2.24) is 15.5 Å².